The third kappa shape index (κ3) is 4.32. The summed E-state index contributed by atoms with van der Waals surface area (Å²) in [6, 6.07) is 13.0. The zero-order chi connectivity index (χ0) is 17.8. The predicted molar refractivity (Wildman–Crippen MR) is 100 cm³/mol. The van der Waals surface area contributed by atoms with Gasteiger partial charge in [-0.25, -0.2) is 9.97 Å². The Morgan fingerprint density at radius 2 is 1.80 bits per heavy atom. The Balaban J connectivity index is 2.06. The maximum absolute atomic E-state index is 9.75. The first-order valence-corrected chi connectivity index (χ1v) is 8.41. The second kappa shape index (κ2) is 7.59. The second-order valence-electron chi connectivity index (χ2n) is 5.88. The maximum atomic E-state index is 9.75. The minimum Gasteiger partial charge on any atom is -0.391 e. The van der Waals surface area contributed by atoms with E-state index in [1.54, 1.807) is 19.3 Å². The van der Waals surface area contributed by atoms with Crippen molar-refractivity contribution >= 4 is 17.4 Å². The molecule has 1 aromatic carbocycles. The van der Waals surface area contributed by atoms with Crippen LogP contribution in [0, 0.1) is 0 Å². The third-order valence-corrected chi connectivity index (χ3v) is 4.14. The van der Waals surface area contributed by atoms with Crippen LogP contribution in [-0.2, 0) is 0 Å². The number of rotatable bonds is 5. The van der Waals surface area contributed by atoms with Gasteiger partial charge >= 0.3 is 0 Å². The van der Waals surface area contributed by atoms with Crippen LogP contribution in [0.3, 0.4) is 0 Å². The highest BCUT2D eigenvalue weighted by atomic mass is 35.5. The number of anilines is 1. The standard InChI is InChI=1S/C19H19ClN4O/c1-12(13(2)25)22-18-10-17(14-5-7-16(20)8-6-14)23-19(24-18)15-4-3-9-21-11-15/h3-13,25H,1-2H3,(H,22,23,24)/t12-,13-/m1/s1. The van der Waals surface area contributed by atoms with Gasteiger partial charge in [0.2, 0.25) is 0 Å². The average Bonchev–Trinajstić information content (AvgIpc) is 2.62. The maximum Gasteiger partial charge on any atom is 0.163 e. The van der Waals surface area contributed by atoms with Crippen molar-refractivity contribution in [1.82, 2.24) is 15.0 Å². The molecule has 0 saturated carbocycles. The predicted octanol–water partition coefficient (Wildman–Crippen LogP) is 4.04. The van der Waals surface area contributed by atoms with Crippen LogP contribution in [0.4, 0.5) is 5.82 Å². The first kappa shape index (κ1) is 17.3. The van der Waals surface area contributed by atoms with E-state index in [1.807, 2.05) is 49.4 Å². The molecular formula is C19H19ClN4O. The van der Waals surface area contributed by atoms with Gasteiger partial charge in [0, 0.05) is 34.6 Å². The number of aliphatic hydroxyl groups is 1. The summed E-state index contributed by atoms with van der Waals surface area (Å²) in [5.41, 5.74) is 2.53. The number of pyridine rings is 1. The van der Waals surface area contributed by atoms with Crippen molar-refractivity contribution in [1.29, 1.82) is 0 Å². The Bertz CT molecular complexity index is 838. The van der Waals surface area contributed by atoms with Gasteiger partial charge < -0.3 is 10.4 Å². The average molecular weight is 355 g/mol. The Hall–Kier alpha value is -2.50. The SMILES string of the molecule is C[C@@H](O)[C@@H](C)Nc1cc(-c2ccc(Cl)cc2)nc(-c2cccnc2)n1. The monoisotopic (exact) mass is 354 g/mol. The van der Waals surface area contributed by atoms with Crippen LogP contribution in [-0.4, -0.2) is 32.2 Å². The molecule has 128 valence electrons. The van der Waals surface area contributed by atoms with Crippen molar-refractivity contribution < 1.29 is 5.11 Å². The molecule has 0 bridgehead atoms. The van der Waals surface area contributed by atoms with E-state index in [0.29, 0.717) is 16.7 Å². The van der Waals surface area contributed by atoms with Gasteiger partial charge in [-0.15, -0.1) is 0 Å². The van der Waals surface area contributed by atoms with E-state index in [9.17, 15) is 5.11 Å². The topological polar surface area (TPSA) is 70.9 Å². The quantitative estimate of drug-likeness (QED) is 0.723. The summed E-state index contributed by atoms with van der Waals surface area (Å²) in [5.74, 6) is 1.22. The van der Waals surface area contributed by atoms with E-state index in [2.05, 4.69) is 20.3 Å². The Labute approximate surface area is 151 Å². The van der Waals surface area contributed by atoms with Crippen LogP contribution in [0.25, 0.3) is 22.6 Å². The minimum absolute atomic E-state index is 0.144. The molecule has 5 nitrogen and oxygen atoms in total. The van der Waals surface area contributed by atoms with Gasteiger partial charge in [0.1, 0.15) is 5.82 Å². The zero-order valence-corrected chi connectivity index (χ0v) is 14.8. The normalized spacial score (nSPS) is 13.3. The van der Waals surface area contributed by atoms with Crippen LogP contribution in [0.2, 0.25) is 5.02 Å². The summed E-state index contributed by atoms with van der Waals surface area (Å²) in [6.45, 7) is 3.64. The number of halogens is 1. The van der Waals surface area contributed by atoms with E-state index in [-0.39, 0.29) is 6.04 Å². The molecule has 0 aliphatic carbocycles. The van der Waals surface area contributed by atoms with Crippen molar-refractivity contribution in [2.75, 3.05) is 5.32 Å². The van der Waals surface area contributed by atoms with Gasteiger partial charge in [0.05, 0.1) is 17.8 Å². The van der Waals surface area contributed by atoms with Gasteiger partial charge in [-0.3, -0.25) is 4.98 Å². The summed E-state index contributed by atoms with van der Waals surface area (Å²) in [5, 5.41) is 13.7. The molecule has 0 unspecified atom stereocenters. The van der Waals surface area contributed by atoms with E-state index in [0.717, 1.165) is 16.8 Å². The number of nitrogens with zero attached hydrogens (tertiary/aromatic N) is 3. The summed E-state index contributed by atoms with van der Waals surface area (Å²) in [7, 11) is 0. The lowest BCUT2D eigenvalue weighted by molar-refractivity contribution is 0.177. The fourth-order valence-corrected chi connectivity index (χ4v) is 2.39. The lowest BCUT2D eigenvalue weighted by Gasteiger charge is -2.18. The highest BCUT2D eigenvalue weighted by Gasteiger charge is 2.13. The van der Waals surface area contributed by atoms with Gasteiger partial charge in [-0.2, -0.15) is 0 Å². The van der Waals surface area contributed by atoms with E-state index < -0.39 is 6.10 Å². The molecule has 0 aliphatic rings. The van der Waals surface area contributed by atoms with Crippen LogP contribution < -0.4 is 5.32 Å². The van der Waals surface area contributed by atoms with Gasteiger partial charge in [-0.1, -0.05) is 23.7 Å². The summed E-state index contributed by atoms with van der Waals surface area (Å²) < 4.78 is 0. The van der Waals surface area contributed by atoms with Gasteiger partial charge in [0.25, 0.3) is 0 Å². The molecular weight excluding hydrogens is 336 g/mol. The number of benzene rings is 1. The molecule has 0 spiro atoms. The second-order valence-corrected chi connectivity index (χ2v) is 6.32. The fourth-order valence-electron chi connectivity index (χ4n) is 2.27. The number of aliphatic hydroxyl groups excluding tert-OH is 1. The Morgan fingerprint density at radius 1 is 1.04 bits per heavy atom. The molecule has 2 aromatic heterocycles. The fraction of sp³-hybridized carbons (Fsp3) is 0.211. The highest BCUT2D eigenvalue weighted by molar-refractivity contribution is 6.30. The third-order valence-electron chi connectivity index (χ3n) is 3.89. The van der Waals surface area contributed by atoms with Crippen LogP contribution in [0.15, 0.2) is 54.9 Å². The number of hydrogen-bond acceptors (Lipinski definition) is 5. The van der Waals surface area contributed by atoms with Crippen LogP contribution in [0.1, 0.15) is 13.8 Å². The van der Waals surface area contributed by atoms with Crippen molar-refractivity contribution in [3.05, 3.63) is 59.9 Å². The molecule has 2 N–H and O–H groups in total. The Morgan fingerprint density at radius 3 is 2.44 bits per heavy atom. The van der Waals surface area contributed by atoms with E-state index in [4.69, 9.17) is 11.6 Å². The molecule has 0 saturated heterocycles. The Kier molecular flexibility index (Phi) is 5.26. The minimum atomic E-state index is -0.504. The van der Waals surface area contributed by atoms with Crippen LogP contribution >= 0.6 is 11.6 Å². The van der Waals surface area contributed by atoms with Crippen molar-refractivity contribution in [2.45, 2.75) is 26.0 Å². The van der Waals surface area contributed by atoms with Gasteiger partial charge in [0.15, 0.2) is 5.82 Å². The lowest BCUT2D eigenvalue weighted by atomic mass is 10.1. The van der Waals surface area contributed by atoms with Crippen molar-refractivity contribution in [2.24, 2.45) is 0 Å². The molecule has 0 aliphatic heterocycles. The molecule has 25 heavy (non-hydrogen) atoms. The highest BCUT2D eigenvalue weighted by Crippen LogP contribution is 2.25. The van der Waals surface area contributed by atoms with Crippen molar-refractivity contribution in [3.63, 3.8) is 0 Å². The molecule has 0 radical (unpaired) electrons. The van der Waals surface area contributed by atoms with Crippen LogP contribution in [0.5, 0.6) is 0 Å². The number of nitrogens with one attached hydrogen (secondary N) is 1. The lowest BCUT2D eigenvalue weighted by Crippen LogP contribution is -2.28. The van der Waals surface area contributed by atoms with Crippen molar-refractivity contribution in [3.8, 4) is 22.6 Å². The molecule has 0 amide bonds. The molecule has 3 rings (SSSR count). The smallest absolute Gasteiger partial charge is 0.163 e. The molecule has 2 atom stereocenters. The number of aromatic nitrogens is 3. The molecule has 0 fully saturated rings. The molecule has 2 heterocycles. The van der Waals surface area contributed by atoms with E-state index in [1.165, 1.54) is 0 Å². The number of hydrogen-bond donors (Lipinski definition) is 2. The largest absolute Gasteiger partial charge is 0.391 e. The molecule has 6 heteroatoms. The van der Waals surface area contributed by atoms with E-state index >= 15 is 0 Å². The van der Waals surface area contributed by atoms with Gasteiger partial charge in [-0.05, 0) is 38.1 Å². The molecule has 3 aromatic rings. The zero-order valence-electron chi connectivity index (χ0n) is 14.0. The summed E-state index contributed by atoms with van der Waals surface area (Å²) in [6.07, 6.45) is 2.93. The first-order valence-electron chi connectivity index (χ1n) is 8.03. The summed E-state index contributed by atoms with van der Waals surface area (Å²) >= 11 is 5.98. The first-order chi connectivity index (χ1) is 12.0. The summed E-state index contributed by atoms with van der Waals surface area (Å²) in [4.78, 5) is 13.4.